The Kier molecular flexibility index (Phi) is 8.16. The Morgan fingerprint density at radius 1 is 0.673 bits per heavy atom. The van der Waals surface area contributed by atoms with Crippen molar-refractivity contribution in [1.82, 2.24) is 0 Å². The Bertz CT molecular complexity index is 2590. The fourth-order valence-corrected chi connectivity index (χ4v) is 8.84. The highest BCUT2D eigenvalue weighted by Crippen LogP contribution is 2.54. The molecule has 2 atom stereocenters. The van der Waals surface area contributed by atoms with Crippen molar-refractivity contribution in [2.45, 2.75) is 31.1 Å². The highest BCUT2D eigenvalue weighted by atomic mass is 19.1. The summed E-state index contributed by atoms with van der Waals surface area (Å²) >= 11 is 0. The van der Waals surface area contributed by atoms with E-state index in [1.165, 1.54) is 29.8 Å². The van der Waals surface area contributed by atoms with Crippen LogP contribution in [0.15, 0.2) is 174 Å². The zero-order chi connectivity index (χ0) is 38.0. The number of allylic oxidation sites excluding steroid dienone is 8. The van der Waals surface area contributed by atoms with Crippen molar-refractivity contribution in [2.24, 2.45) is 4.99 Å². The zero-order valence-corrected chi connectivity index (χ0v) is 30.6. The third kappa shape index (κ3) is 5.51. The standard InChI is InChI=1S/C49H36F2N2O2/c1-49(2)41-14-8-9-15-42(41)53(3)43(49)28-52-46-37-13-7-6-12-36(37)45-40(48(46)55)27-26-39-44(45)35-11-5-4-10-34(35)38(47(39)54)25-24-33(29-16-20-31(50)21-17-29)30-18-22-32(51)23-19-30/h4-28,44-45H,1-3H3/b38-25-,43-28-,52-46?. The molecule has 5 aromatic carbocycles. The number of rotatable bonds is 4. The van der Waals surface area contributed by atoms with Crippen LogP contribution in [0.5, 0.6) is 0 Å². The SMILES string of the molecule is CN1/C(=C\N=C2C(=O)C3=CC=C4C(=O)/C(=C\C=C(c5ccc(F)cc5)c5ccc(F)cc5)c5ccccc5C4C3c3ccccc32)C(C)(C)c2ccccc21. The predicted octanol–water partition coefficient (Wildman–Crippen LogP) is 10.4. The second-order valence-electron chi connectivity index (χ2n) is 14.9. The van der Waals surface area contributed by atoms with Gasteiger partial charge in [0.05, 0.1) is 0 Å². The van der Waals surface area contributed by atoms with Crippen molar-refractivity contribution in [3.05, 3.63) is 219 Å². The first-order chi connectivity index (χ1) is 26.6. The van der Waals surface area contributed by atoms with Gasteiger partial charge in [0.25, 0.3) is 0 Å². The summed E-state index contributed by atoms with van der Waals surface area (Å²) in [5.41, 5.74) is 10.7. The summed E-state index contributed by atoms with van der Waals surface area (Å²) in [6.07, 6.45) is 9.09. The van der Waals surface area contributed by atoms with Gasteiger partial charge in [-0.25, -0.2) is 8.78 Å². The number of halogens is 2. The quantitative estimate of drug-likeness (QED) is 0.174. The lowest BCUT2D eigenvalue weighted by Crippen LogP contribution is -2.36. The third-order valence-corrected chi connectivity index (χ3v) is 11.6. The van der Waals surface area contributed by atoms with Gasteiger partial charge in [-0.05, 0) is 75.4 Å². The third-order valence-electron chi connectivity index (χ3n) is 11.6. The van der Waals surface area contributed by atoms with Crippen LogP contribution in [0, 0.1) is 11.6 Å². The molecule has 1 heterocycles. The molecular formula is C49H36F2N2O2. The van der Waals surface area contributed by atoms with Gasteiger partial charge in [0, 0.05) is 64.2 Å². The summed E-state index contributed by atoms with van der Waals surface area (Å²) in [7, 11) is 2.03. The van der Waals surface area contributed by atoms with Crippen LogP contribution in [0.25, 0.3) is 11.1 Å². The van der Waals surface area contributed by atoms with Crippen LogP contribution in [0.1, 0.15) is 64.6 Å². The van der Waals surface area contributed by atoms with Crippen molar-refractivity contribution < 1.29 is 18.4 Å². The fourth-order valence-electron chi connectivity index (χ4n) is 8.84. The van der Waals surface area contributed by atoms with Crippen molar-refractivity contribution in [1.29, 1.82) is 0 Å². The van der Waals surface area contributed by atoms with E-state index in [2.05, 4.69) is 30.9 Å². The van der Waals surface area contributed by atoms with E-state index < -0.39 is 5.92 Å². The van der Waals surface area contributed by atoms with E-state index in [1.54, 1.807) is 42.5 Å². The van der Waals surface area contributed by atoms with Gasteiger partial charge in [0.2, 0.25) is 5.78 Å². The molecule has 4 aliphatic rings. The summed E-state index contributed by atoms with van der Waals surface area (Å²) in [4.78, 5) is 36.3. The first-order valence-electron chi connectivity index (χ1n) is 18.4. The van der Waals surface area contributed by atoms with Crippen LogP contribution in [-0.2, 0) is 15.0 Å². The van der Waals surface area contributed by atoms with E-state index in [1.807, 2.05) is 80.0 Å². The Morgan fingerprint density at radius 3 is 1.82 bits per heavy atom. The normalized spacial score (nSPS) is 21.3. The molecule has 3 aliphatic carbocycles. The molecular weight excluding hydrogens is 687 g/mol. The summed E-state index contributed by atoms with van der Waals surface area (Å²) in [6.45, 7) is 4.35. The van der Waals surface area contributed by atoms with E-state index >= 15 is 0 Å². The number of aliphatic imine (C=N–C) groups is 1. The summed E-state index contributed by atoms with van der Waals surface area (Å²) in [5.74, 6) is -1.79. The highest BCUT2D eigenvalue weighted by molar-refractivity contribution is 6.53. The lowest BCUT2D eigenvalue weighted by molar-refractivity contribution is -0.112. The van der Waals surface area contributed by atoms with Crippen molar-refractivity contribution in [3.63, 3.8) is 0 Å². The maximum Gasteiger partial charge on any atom is 0.208 e. The molecule has 0 amide bonds. The first-order valence-corrected chi connectivity index (χ1v) is 18.4. The van der Waals surface area contributed by atoms with E-state index in [4.69, 9.17) is 4.99 Å². The molecule has 0 fully saturated rings. The first kappa shape index (κ1) is 34.3. The molecule has 268 valence electrons. The largest absolute Gasteiger partial charge is 0.346 e. The minimum Gasteiger partial charge on any atom is -0.346 e. The minimum absolute atomic E-state index is 0.131. The molecule has 1 aliphatic heterocycles. The van der Waals surface area contributed by atoms with Gasteiger partial charge in [-0.1, -0.05) is 123 Å². The molecule has 0 radical (unpaired) electrons. The van der Waals surface area contributed by atoms with E-state index in [0.717, 1.165) is 44.8 Å². The smallest absolute Gasteiger partial charge is 0.208 e. The molecule has 55 heavy (non-hydrogen) atoms. The van der Waals surface area contributed by atoms with Crippen molar-refractivity contribution in [2.75, 3.05) is 11.9 Å². The number of likely N-dealkylation sites (N-methyl/N-ethyl adjacent to an activating group) is 1. The number of Topliss-reactive ketones (excluding diaryl/α,β-unsaturated/α-hetero) is 2. The van der Waals surface area contributed by atoms with E-state index in [9.17, 15) is 18.4 Å². The molecule has 0 bridgehead atoms. The summed E-state index contributed by atoms with van der Waals surface area (Å²) < 4.78 is 27.9. The van der Waals surface area contributed by atoms with Gasteiger partial charge >= 0.3 is 0 Å². The second-order valence-corrected chi connectivity index (χ2v) is 14.9. The number of hydrogen-bond donors (Lipinski definition) is 0. The van der Waals surface area contributed by atoms with Gasteiger partial charge in [-0.3, -0.25) is 14.6 Å². The monoisotopic (exact) mass is 722 g/mol. The number of carbonyl (C=O) groups excluding carboxylic acids is 2. The lowest BCUT2D eigenvalue weighted by atomic mass is 9.61. The number of fused-ring (bicyclic) bond motifs is 8. The van der Waals surface area contributed by atoms with Crippen LogP contribution in [0.3, 0.4) is 0 Å². The van der Waals surface area contributed by atoms with Crippen molar-refractivity contribution in [3.8, 4) is 0 Å². The summed E-state index contributed by atoms with van der Waals surface area (Å²) in [6, 6.07) is 36.3. The van der Waals surface area contributed by atoms with Crippen LogP contribution >= 0.6 is 0 Å². The Morgan fingerprint density at radius 2 is 1.20 bits per heavy atom. The molecule has 0 aromatic heterocycles. The lowest BCUT2D eigenvalue weighted by Gasteiger charge is -2.40. The van der Waals surface area contributed by atoms with Crippen LogP contribution < -0.4 is 4.90 Å². The number of benzene rings is 5. The number of hydrogen-bond acceptors (Lipinski definition) is 4. The zero-order valence-electron chi connectivity index (χ0n) is 30.6. The number of carbonyl (C=O) groups is 2. The average Bonchev–Trinajstić information content (AvgIpc) is 3.40. The molecule has 5 aromatic rings. The van der Waals surface area contributed by atoms with Crippen LogP contribution in [0.4, 0.5) is 14.5 Å². The molecule has 9 rings (SSSR count). The fraction of sp³-hybridized carbons (Fsp3) is 0.122. The minimum atomic E-state index is -0.391. The second kappa shape index (κ2) is 13.1. The average molecular weight is 723 g/mol. The number of anilines is 1. The molecule has 4 nitrogen and oxygen atoms in total. The molecule has 0 saturated carbocycles. The Labute approximate surface area is 318 Å². The van der Waals surface area contributed by atoms with E-state index in [-0.39, 0.29) is 34.5 Å². The van der Waals surface area contributed by atoms with Gasteiger partial charge in [-0.2, -0.15) is 0 Å². The van der Waals surface area contributed by atoms with Gasteiger partial charge in [0.1, 0.15) is 17.3 Å². The van der Waals surface area contributed by atoms with Crippen LogP contribution in [-0.4, -0.2) is 24.3 Å². The maximum atomic E-state index is 14.6. The van der Waals surface area contributed by atoms with Gasteiger partial charge in [0.15, 0.2) is 5.78 Å². The van der Waals surface area contributed by atoms with Gasteiger partial charge in [-0.15, -0.1) is 0 Å². The topological polar surface area (TPSA) is 49.7 Å². The van der Waals surface area contributed by atoms with E-state index in [0.29, 0.717) is 28.0 Å². The van der Waals surface area contributed by atoms with Gasteiger partial charge < -0.3 is 4.90 Å². The summed E-state index contributed by atoms with van der Waals surface area (Å²) in [5, 5.41) is 0. The number of ketones is 2. The van der Waals surface area contributed by atoms with Crippen LogP contribution in [0.2, 0.25) is 0 Å². The molecule has 0 N–H and O–H groups in total. The number of nitrogens with zero attached hydrogens (tertiary/aromatic N) is 2. The highest BCUT2D eigenvalue weighted by Gasteiger charge is 2.47. The Balaban J connectivity index is 1.16. The number of para-hydroxylation sites is 1. The molecule has 0 saturated heterocycles. The Hall–Kier alpha value is -6.53. The molecule has 0 spiro atoms. The maximum absolute atomic E-state index is 14.6. The van der Waals surface area contributed by atoms with Crippen molar-refractivity contribution >= 4 is 34.1 Å². The molecule has 6 heteroatoms. The molecule has 2 unspecified atom stereocenters. The predicted molar refractivity (Wildman–Crippen MR) is 215 cm³/mol.